The summed E-state index contributed by atoms with van der Waals surface area (Å²) in [5, 5.41) is 0.635. The minimum Gasteiger partial charge on any atom is -0.463 e. The first-order valence-corrected chi connectivity index (χ1v) is 5.13. The number of halogens is 1. The van der Waals surface area contributed by atoms with Gasteiger partial charge in [-0.05, 0) is 31.1 Å². The van der Waals surface area contributed by atoms with Crippen molar-refractivity contribution in [3.8, 4) is 0 Å². The van der Waals surface area contributed by atoms with Crippen LogP contribution in [0.3, 0.4) is 0 Å². The van der Waals surface area contributed by atoms with Crippen molar-refractivity contribution in [2.24, 2.45) is 0 Å². The summed E-state index contributed by atoms with van der Waals surface area (Å²) in [5.74, 6) is -0.338. The summed E-state index contributed by atoms with van der Waals surface area (Å²) in [7, 11) is 0. The molecule has 0 aromatic heterocycles. The summed E-state index contributed by atoms with van der Waals surface area (Å²) in [6, 6.07) is 7.39. The second-order valence-electron chi connectivity index (χ2n) is 3.06. The van der Waals surface area contributed by atoms with Gasteiger partial charge in [0.2, 0.25) is 0 Å². The molecule has 1 aromatic rings. The lowest BCUT2D eigenvalue weighted by Crippen LogP contribution is -2.00. The smallest absolute Gasteiger partial charge is 0.331 e. The molecule has 1 rings (SSSR count). The lowest BCUT2D eigenvalue weighted by atomic mass is 10.1. The van der Waals surface area contributed by atoms with E-state index in [0.29, 0.717) is 11.6 Å². The van der Waals surface area contributed by atoms with Crippen LogP contribution in [0, 0.1) is 0 Å². The third-order valence-electron chi connectivity index (χ3n) is 1.92. The monoisotopic (exact) mass is 224 g/mol. The molecule has 0 aliphatic heterocycles. The average Bonchev–Trinajstić information content (AvgIpc) is 2.18. The van der Waals surface area contributed by atoms with Gasteiger partial charge in [0.15, 0.2) is 0 Å². The van der Waals surface area contributed by atoms with Crippen molar-refractivity contribution in [3.05, 3.63) is 40.9 Å². The standard InChI is InChI=1S/C12H13ClO2/c1-3-15-12(14)8-9(2)10-6-4-5-7-11(10)13/h4-8H,3H2,1-2H3/b9-8+. The summed E-state index contributed by atoms with van der Waals surface area (Å²) in [6.07, 6.45) is 1.45. The largest absolute Gasteiger partial charge is 0.463 e. The van der Waals surface area contributed by atoms with E-state index in [1.807, 2.05) is 25.1 Å². The van der Waals surface area contributed by atoms with Crippen molar-refractivity contribution in [1.82, 2.24) is 0 Å². The highest BCUT2D eigenvalue weighted by Gasteiger charge is 2.03. The molecule has 3 heteroatoms. The number of hydrogen-bond acceptors (Lipinski definition) is 2. The number of rotatable bonds is 3. The molecule has 0 unspecified atom stereocenters. The van der Waals surface area contributed by atoms with Crippen molar-refractivity contribution >= 4 is 23.1 Å². The van der Waals surface area contributed by atoms with E-state index in [-0.39, 0.29) is 5.97 Å². The average molecular weight is 225 g/mol. The number of benzene rings is 1. The van der Waals surface area contributed by atoms with Gasteiger partial charge in [0.25, 0.3) is 0 Å². The number of allylic oxidation sites excluding steroid dienone is 1. The number of hydrogen-bond donors (Lipinski definition) is 0. The van der Waals surface area contributed by atoms with Crippen LogP contribution in [0.2, 0.25) is 5.02 Å². The topological polar surface area (TPSA) is 26.3 Å². The molecule has 0 saturated heterocycles. The SMILES string of the molecule is CCOC(=O)/C=C(\C)c1ccccc1Cl. The molecule has 0 bridgehead atoms. The molecule has 0 saturated carbocycles. The van der Waals surface area contributed by atoms with Crippen LogP contribution >= 0.6 is 11.6 Å². The van der Waals surface area contributed by atoms with Crippen molar-refractivity contribution < 1.29 is 9.53 Å². The normalized spacial score (nSPS) is 11.3. The van der Waals surface area contributed by atoms with E-state index in [1.54, 1.807) is 13.0 Å². The number of esters is 1. The van der Waals surface area contributed by atoms with E-state index >= 15 is 0 Å². The van der Waals surface area contributed by atoms with Crippen LogP contribution in [0.4, 0.5) is 0 Å². The minimum atomic E-state index is -0.338. The summed E-state index contributed by atoms with van der Waals surface area (Å²) < 4.78 is 4.82. The molecule has 0 fully saturated rings. The lowest BCUT2D eigenvalue weighted by Gasteiger charge is -2.03. The molecular weight excluding hydrogens is 212 g/mol. The maximum absolute atomic E-state index is 11.2. The van der Waals surface area contributed by atoms with Crippen LogP contribution in [0.5, 0.6) is 0 Å². The number of ether oxygens (including phenoxy) is 1. The van der Waals surface area contributed by atoms with Gasteiger partial charge in [0.05, 0.1) is 6.61 Å². The fourth-order valence-corrected chi connectivity index (χ4v) is 1.50. The molecule has 0 atom stereocenters. The number of carbonyl (C=O) groups is 1. The van der Waals surface area contributed by atoms with Crippen LogP contribution in [0.1, 0.15) is 19.4 Å². The maximum atomic E-state index is 11.2. The van der Waals surface area contributed by atoms with Crippen LogP contribution in [0.25, 0.3) is 5.57 Å². The zero-order valence-corrected chi connectivity index (χ0v) is 9.54. The van der Waals surface area contributed by atoms with Crippen LogP contribution in [-0.2, 0) is 9.53 Å². The van der Waals surface area contributed by atoms with Gasteiger partial charge >= 0.3 is 5.97 Å². The quantitative estimate of drug-likeness (QED) is 0.582. The summed E-state index contributed by atoms with van der Waals surface area (Å²) >= 11 is 5.99. The van der Waals surface area contributed by atoms with Gasteiger partial charge in [-0.25, -0.2) is 4.79 Å². The first-order valence-electron chi connectivity index (χ1n) is 4.75. The van der Waals surface area contributed by atoms with E-state index in [2.05, 4.69) is 0 Å². The Morgan fingerprint density at radius 1 is 1.47 bits per heavy atom. The van der Waals surface area contributed by atoms with Gasteiger partial charge in [-0.1, -0.05) is 29.8 Å². The van der Waals surface area contributed by atoms with Crippen LogP contribution in [-0.4, -0.2) is 12.6 Å². The Morgan fingerprint density at radius 2 is 2.13 bits per heavy atom. The second-order valence-corrected chi connectivity index (χ2v) is 3.47. The molecule has 0 radical (unpaired) electrons. The Balaban J connectivity index is 2.89. The third-order valence-corrected chi connectivity index (χ3v) is 2.25. The Hall–Kier alpha value is -1.28. The van der Waals surface area contributed by atoms with Crippen molar-refractivity contribution in [2.75, 3.05) is 6.61 Å². The molecule has 0 heterocycles. The second kappa shape index (κ2) is 5.56. The van der Waals surface area contributed by atoms with E-state index < -0.39 is 0 Å². The van der Waals surface area contributed by atoms with E-state index in [0.717, 1.165) is 11.1 Å². The molecule has 1 aromatic carbocycles. The van der Waals surface area contributed by atoms with Crippen molar-refractivity contribution in [1.29, 1.82) is 0 Å². The van der Waals surface area contributed by atoms with E-state index in [9.17, 15) is 4.79 Å². The first kappa shape index (κ1) is 11.8. The predicted molar refractivity (Wildman–Crippen MR) is 61.7 cm³/mol. The van der Waals surface area contributed by atoms with Crippen molar-refractivity contribution in [2.45, 2.75) is 13.8 Å². The zero-order valence-electron chi connectivity index (χ0n) is 8.79. The van der Waals surface area contributed by atoms with Crippen LogP contribution < -0.4 is 0 Å². The first-order chi connectivity index (χ1) is 7.15. The Bertz CT molecular complexity index is 383. The lowest BCUT2D eigenvalue weighted by molar-refractivity contribution is -0.137. The third kappa shape index (κ3) is 3.40. The molecular formula is C12H13ClO2. The predicted octanol–water partition coefficient (Wildman–Crippen LogP) is 3.31. The molecule has 0 spiro atoms. The Kier molecular flexibility index (Phi) is 4.37. The summed E-state index contributed by atoms with van der Waals surface area (Å²) in [4.78, 5) is 11.2. The molecule has 0 aliphatic rings. The Labute approximate surface area is 94.5 Å². The highest BCUT2D eigenvalue weighted by atomic mass is 35.5. The van der Waals surface area contributed by atoms with Gasteiger partial charge in [-0.3, -0.25) is 0 Å². The maximum Gasteiger partial charge on any atom is 0.331 e. The molecule has 80 valence electrons. The minimum absolute atomic E-state index is 0.338. The highest BCUT2D eigenvalue weighted by molar-refractivity contribution is 6.32. The van der Waals surface area contributed by atoms with Gasteiger partial charge < -0.3 is 4.74 Å². The summed E-state index contributed by atoms with van der Waals surface area (Å²) in [6.45, 7) is 3.99. The molecule has 0 aliphatic carbocycles. The van der Waals surface area contributed by atoms with E-state index in [4.69, 9.17) is 16.3 Å². The van der Waals surface area contributed by atoms with Gasteiger partial charge in [0.1, 0.15) is 0 Å². The number of carbonyl (C=O) groups excluding carboxylic acids is 1. The summed E-state index contributed by atoms with van der Waals surface area (Å²) in [5.41, 5.74) is 1.66. The van der Waals surface area contributed by atoms with Gasteiger partial charge in [-0.15, -0.1) is 0 Å². The molecule has 0 amide bonds. The van der Waals surface area contributed by atoms with Gasteiger partial charge in [0, 0.05) is 11.1 Å². The van der Waals surface area contributed by atoms with Gasteiger partial charge in [-0.2, -0.15) is 0 Å². The molecule has 15 heavy (non-hydrogen) atoms. The fourth-order valence-electron chi connectivity index (χ4n) is 1.22. The molecule has 0 N–H and O–H groups in total. The zero-order chi connectivity index (χ0) is 11.3. The van der Waals surface area contributed by atoms with Crippen LogP contribution in [0.15, 0.2) is 30.3 Å². The molecule has 2 nitrogen and oxygen atoms in total. The van der Waals surface area contributed by atoms with Crippen molar-refractivity contribution in [3.63, 3.8) is 0 Å². The van der Waals surface area contributed by atoms with E-state index in [1.165, 1.54) is 6.08 Å². The fraction of sp³-hybridized carbons (Fsp3) is 0.250. The Morgan fingerprint density at radius 3 is 2.73 bits per heavy atom. The highest BCUT2D eigenvalue weighted by Crippen LogP contribution is 2.22.